The maximum absolute atomic E-state index is 8.66. The van der Waals surface area contributed by atoms with Crippen molar-refractivity contribution in [3.8, 4) is 6.07 Å². The van der Waals surface area contributed by atoms with Gasteiger partial charge in [-0.2, -0.15) is 5.26 Å². The van der Waals surface area contributed by atoms with Gasteiger partial charge >= 0.3 is 0 Å². The molecule has 0 spiro atoms. The van der Waals surface area contributed by atoms with Crippen molar-refractivity contribution in [2.75, 3.05) is 0 Å². The Labute approximate surface area is 72.7 Å². The fourth-order valence-corrected chi connectivity index (χ4v) is 1.95. The Morgan fingerprint density at radius 3 is 2.64 bits per heavy atom. The van der Waals surface area contributed by atoms with Gasteiger partial charge in [-0.3, -0.25) is 0 Å². The summed E-state index contributed by atoms with van der Waals surface area (Å²) in [5, 5.41) is 8.66. The van der Waals surface area contributed by atoms with Crippen LogP contribution in [0, 0.1) is 16.7 Å². The number of nitriles is 1. The van der Waals surface area contributed by atoms with Crippen molar-refractivity contribution in [1.82, 2.24) is 0 Å². The molecule has 0 saturated carbocycles. The normalized spacial score (nSPS) is 22.3. The van der Waals surface area contributed by atoms with E-state index in [4.69, 9.17) is 17.5 Å². The predicted molar refractivity (Wildman–Crippen MR) is 49.3 cm³/mol. The second-order valence-electron chi connectivity index (χ2n) is 3.77. The summed E-state index contributed by atoms with van der Waals surface area (Å²) in [6.45, 7) is 4.28. The minimum absolute atomic E-state index is 0.191. The van der Waals surface area contributed by atoms with E-state index in [1.54, 1.807) is 0 Å². The first kappa shape index (κ1) is 8.42. The number of hydrogen-bond acceptors (Lipinski definition) is 2. The Bertz CT molecular complexity index is 255. The van der Waals surface area contributed by atoms with Crippen LogP contribution in [-0.2, 0) is 0 Å². The fraction of sp³-hybridized carbons (Fsp3) is 0.556. The molecule has 0 aromatic rings. The molecule has 1 nitrogen and oxygen atoms in total. The highest BCUT2D eigenvalue weighted by molar-refractivity contribution is 7.80. The van der Waals surface area contributed by atoms with Gasteiger partial charge in [0.2, 0.25) is 0 Å². The van der Waals surface area contributed by atoms with Gasteiger partial charge in [0.15, 0.2) is 0 Å². The van der Waals surface area contributed by atoms with Crippen molar-refractivity contribution < 1.29 is 0 Å². The SMILES string of the molecule is CC1(C)CC(=S)C=C(C#N)C1. The minimum atomic E-state index is 0.191. The summed E-state index contributed by atoms with van der Waals surface area (Å²) in [5.74, 6) is 0. The smallest absolute Gasteiger partial charge is 0.0947 e. The third-order valence-corrected chi connectivity index (χ3v) is 2.06. The molecule has 11 heavy (non-hydrogen) atoms. The number of rotatable bonds is 0. The average molecular weight is 165 g/mol. The standard InChI is InChI=1S/C9H11NS/c1-9(2)4-7(6-10)3-8(11)5-9/h3H,4-5H2,1-2H3. The topological polar surface area (TPSA) is 23.8 Å². The Hall–Kier alpha value is -0.680. The zero-order valence-corrected chi connectivity index (χ0v) is 7.66. The van der Waals surface area contributed by atoms with Gasteiger partial charge in [-0.25, -0.2) is 0 Å². The van der Waals surface area contributed by atoms with E-state index >= 15 is 0 Å². The molecule has 0 heterocycles. The number of hydrogen-bond donors (Lipinski definition) is 0. The Kier molecular flexibility index (Phi) is 2.10. The van der Waals surface area contributed by atoms with Crippen LogP contribution in [0.5, 0.6) is 0 Å². The van der Waals surface area contributed by atoms with Gasteiger partial charge in [-0.15, -0.1) is 0 Å². The van der Waals surface area contributed by atoms with Crippen molar-refractivity contribution >= 4 is 17.1 Å². The summed E-state index contributed by atoms with van der Waals surface area (Å²) in [7, 11) is 0. The van der Waals surface area contributed by atoms with E-state index in [1.165, 1.54) is 0 Å². The lowest BCUT2D eigenvalue weighted by Crippen LogP contribution is -2.20. The summed E-state index contributed by atoms with van der Waals surface area (Å²) in [5.41, 5.74) is 1.02. The largest absolute Gasteiger partial charge is 0.193 e. The third-order valence-electron chi connectivity index (χ3n) is 1.80. The lowest BCUT2D eigenvalue weighted by Gasteiger charge is -2.27. The third kappa shape index (κ3) is 2.13. The zero-order chi connectivity index (χ0) is 8.48. The molecule has 1 rings (SSSR count). The van der Waals surface area contributed by atoms with Crippen molar-refractivity contribution in [2.24, 2.45) is 5.41 Å². The first-order chi connectivity index (χ1) is 5.03. The molecular formula is C9H11NS. The number of nitrogens with zero attached hydrogens (tertiary/aromatic N) is 1. The van der Waals surface area contributed by atoms with Crippen molar-refractivity contribution in [3.63, 3.8) is 0 Å². The summed E-state index contributed by atoms with van der Waals surface area (Å²) in [6.07, 6.45) is 3.64. The van der Waals surface area contributed by atoms with Crippen LogP contribution in [-0.4, -0.2) is 4.86 Å². The predicted octanol–water partition coefficient (Wildman–Crippen LogP) is 2.63. The van der Waals surface area contributed by atoms with Crippen LogP contribution in [0.4, 0.5) is 0 Å². The highest BCUT2D eigenvalue weighted by atomic mass is 32.1. The van der Waals surface area contributed by atoms with Gasteiger partial charge in [0.1, 0.15) is 0 Å². The molecule has 0 aromatic heterocycles. The monoisotopic (exact) mass is 165 g/mol. The molecule has 1 aliphatic carbocycles. The summed E-state index contributed by atoms with van der Waals surface area (Å²) >= 11 is 5.07. The van der Waals surface area contributed by atoms with Gasteiger partial charge in [0, 0.05) is 10.4 Å². The lowest BCUT2D eigenvalue weighted by molar-refractivity contribution is 0.380. The van der Waals surface area contributed by atoms with Crippen molar-refractivity contribution in [1.29, 1.82) is 5.26 Å². The van der Waals surface area contributed by atoms with E-state index in [0.29, 0.717) is 0 Å². The highest BCUT2D eigenvalue weighted by Crippen LogP contribution is 2.33. The summed E-state index contributed by atoms with van der Waals surface area (Å²) in [6, 6.07) is 2.16. The molecule has 1 aliphatic rings. The second-order valence-corrected chi connectivity index (χ2v) is 4.29. The molecule has 58 valence electrons. The van der Waals surface area contributed by atoms with Crippen molar-refractivity contribution in [3.05, 3.63) is 11.6 Å². The molecule has 0 saturated heterocycles. The molecular weight excluding hydrogens is 154 g/mol. The van der Waals surface area contributed by atoms with Crippen LogP contribution < -0.4 is 0 Å². The van der Waals surface area contributed by atoms with E-state index in [0.717, 1.165) is 23.3 Å². The average Bonchev–Trinajstić information content (AvgIpc) is 1.83. The van der Waals surface area contributed by atoms with E-state index < -0.39 is 0 Å². The zero-order valence-electron chi connectivity index (χ0n) is 6.85. The molecule has 0 radical (unpaired) electrons. The molecule has 0 bridgehead atoms. The van der Waals surface area contributed by atoms with E-state index in [1.807, 2.05) is 6.08 Å². The first-order valence-electron chi connectivity index (χ1n) is 3.67. The van der Waals surface area contributed by atoms with Gasteiger partial charge in [0.05, 0.1) is 6.07 Å². The highest BCUT2D eigenvalue weighted by Gasteiger charge is 2.25. The lowest BCUT2D eigenvalue weighted by atomic mass is 9.78. The molecule has 0 atom stereocenters. The van der Waals surface area contributed by atoms with Gasteiger partial charge < -0.3 is 0 Å². The van der Waals surface area contributed by atoms with E-state index in [9.17, 15) is 0 Å². The molecule has 0 unspecified atom stereocenters. The molecule has 0 N–H and O–H groups in total. The summed E-state index contributed by atoms with van der Waals surface area (Å²) < 4.78 is 0. The van der Waals surface area contributed by atoms with Crippen LogP contribution in [0.2, 0.25) is 0 Å². The van der Waals surface area contributed by atoms with Gasteiger partial charge in [-0.05, 0) is 24.3 Å². The van der Waals surface area contributed by atoms with E-state index in [-0.39, 0.29) is 5.41 Å². The van der Waals surface area contributed by atoms with Crippen LogP contribution in [0.15, 0.2) is 11.6 Å². The van der Waals surface area contributed by atoms with Gasteiger partial charge in [0.25, 0.3) is 0 Å². The molecule has 0 fully saturated rings. The van der Waals surface area contributed by atoms with Crippen molar-refractivity contribution in [2.45, 2.75) is 26.7 Å². The maximum Gasteiger partial charge on any atom is 0.0947 e. The van der Waals surface area contributed by atoms with E-state index in [2.05, 4.69) is 19.9 Å². The molecule has 0 amide bonds. The van der Waals surface area contributed by atoms with Crippen LogP contribution in [0.3, 0.4) is 0 Å². The Morgan fingerprint density at radius 1 is 1.55 bits per heavy atom. The number of thiocarbonyl (C=S) groups is 1. The van der Waals surface area contributed by atoms with Crippen LogP contribution in [0.1, 0.15) is 26.7 Å². The van der Waals surface area contributed by atoms with Crippen LogP contribution >= 0.6 is 12.2 Å². The fourth-order valence-electron chi connectivity index (χ4n) is 1.42. The molecule has 2 heteroatoms. The Morgan fingerprint density at radius 2 is 2.18 bits per heavy atom. The minimum Gasteiger partial charge on any atom is -0.193 e. The second kappa shape index (κ2) is 2.75. The molecule has 0 aromatic carbocycles. The van der Waals surface area contributed by atoms with Gasteiger partial charge in [-0.1, -0.05) is 26.1 Å². The first-order valence-corrected chi connectivity index (χ1v) is 4.08. The Balaban J connectivity index is 2.89. The number of allylic oxidation sites excluding steroid dienone is 2. The maximum atomic E-state index is 8.66. The van der Waals surface area contributed by atoms with Crippen LogP contribution in [0.25, 0.3) is 0 Å². The quantitative estimate of drug-likeness (QED) is 0.515. The molecule has 0 aliphatic heterocycles. The summed E-state index contributed by atoms with van der Waals surface area (Å²) in [4.78, 5) is 0.915.